The van der Waals surface area contributed by atoms with Crippen molar-refractivity contribution in [3.05, 3.63) is 84.8 Å². The Morgan fingerprint density at radius 1 is 0.870 bits per heavy atom. The normalized spacial score (nSPS) is 10.8. The molecule has 1 aromatic carbocycles. The third-order valence-corrected chi connectivity index (χ3v) is 3.79. The molecule has 0 bridgehead atoms. The molecule has 0 fully saturated rings. The summed E-state index contributed by atoms with van der Waals surface area (Å²) in [6.07, 6.45) is 5.61. The summed E-state index contributed by atoms with van der Waals surface area (Å²) in [7, 11) is 0. The van der Waals surface area contributed by atoms with Gasteiger partial charge in [0, 0.05) is 30.7 Å². The summed E-state index contributed by atoms with van der Waals surface area (Å²) < 4.78 is 2.08. The van der Waals surface area contributed by atoms with E-state index in [-0.39, 0.29) is 0 Å². The van der Waals surface area contributed by atoms with Gasteiger partial charge in [0.15, 0.2) is 0 Å². The highest BCUT2D eigenvalue weighted by Gasteiger charge is 2.13. The topological polar surface area (TPSA) is 42.2 Å². The molecule has 0 atom stereocenters. The lowest BCUT2D eigenvalue weighted by Gasteiger charge is -2.09. The highest BCUT2D eigenvalue weighted by Crippen LogP contribution is 2.28. The number of anilines is 1. The average Bonchev–Trinajstić information content (AvgIpc) is 3.00. The van der Waals surface area contributed by atoms with Crippen molar-refractivity contribution in [2.24, 2.45) is 0 Å². The minimum absolute atomic E-state index is 0.752. The van der Waals surface area contributed by atoms with Crippen molar-refractivity contribution in [2.75, 3.05) is 5.32 Å². The quantitative estimate of drug-likeness (QED) is 0.619. The Morgan fingerprint density at radius 2 is 1.65 bits per heavy atom. The second-order valence-corrected chi connectivity index (χ2v) is 5.31. The molecule has 0 unspecified atom stereocenters. The van der Waals surface area contributed by atoms with E-state index in [1.165, 1.54) is 5.56 Å². The molecule has 112 valence electrons. The molecule has 23 heavy (non-hydrogen) atoms. The number of nitrogens with zero attached hydrogens (tertiary/aromatic N) is 3. The molecule has 0 aliphatic heterocycles. The molecule has 0 amide bonds. The fraction of sp³-hybridized carbons (Fsp3) is 0.0526. The lowest BCUT2D eigenvalue weighted by molar-refractivity contribution is 1.08. The van der Waals surface area contributed by atoms with Gasteiger partial charge in [0.05, 0.1) is 0 Å². The first-order valence-corrected chi connectivity index (χ1v) is 7.57. The Labute approximate surface area is 134 Å². The maximum absolute atomic E-state index is 4.77. The van der Waals surface area contributed by atoms with Gasteiger partial charge in [-0.05, 0) is 29.8 Å². The molecule has 0 aliphatic rings. The van der Waals surface area contributed by atoms with Crippen molar-refractivity contribution in [3.63, 3.8) is 0 Å². The van der Waals surface area contributed by atoms with Crippen LogP contribution in [0.25, 0.3) is 16.9 Å². The molecule has 0 radical (unpaired) electrons. The number of nitrogens with one attached hydrogen (secondary N) is 1. The Bertz CT molecular complexity index is 914. The lowest BCUT2D eigenvalue weighted by atomic mass is 10.2. The van der Waals surface area contributed by atoms with Crippen molar-refractivity contribution in [1.29, 1.82) is 0 Å². The number of benzene rings is 1. The fourth-order valence-electron chi connectivity index (χ4n) is 2.66. The van der Waals surface area contributed by atoms with Gasteiger partial charge >= 0.3 is 0 Å². The van der Waals surface area contributed by atoms with Crippen LogP contribution in [0.3, 0.4) is 0 Å². The summed E-state index contributed by atoms with van der Waals surface area (Å²) in [6, 6.07) is 20.3. The second-order valence-electron chi connectivity index (χ2n) is 5.31. The summed E-state index contributed by atoms with van der Waals surface area (Å²) in [5, 5.41) is 3.53. The standard InChI is InChI=1S/C19H16N4/c1-2-6-15(7-3-1)14-21-19-18(16-9-11-20-12-10-16)22-17-8-4-5-13-23(17)19/h1-13,21H,14H2. The van der Waals surface area contributed by atoms with Crippen LogP contribution in [0.5, 0.6) is 0 Å². The van der Waals surface area contributed by atoms with E-state index < -0.39 is 0 Å². The Hall–Kier alpha value is -3.14. The van der Waals surface area contributed by atoms with Crippen LogP contribution in [0.15, 0.2) is 79.3 Å². The van der Waals surface area contributed by atoms with Gasteiger partial charge in [-0.2, -0.15) is 0 Å². The maximum Gasteiger partial charge on any atom is 0.139 e. The van der Waals surface area contributed by atoms with Crippen LogP contribution in [0, 0.1) is 0 Å². The highest BCUT2D eigenvalue weighted by atomic mass is 15.1. The molecule has 4 aromatic rings. The van der Waals surface area contributed by atoms with Gasteiger partial charge in [0.2, 0.25) is 0 Å². The van der Waals surface area contributed by atoms with E-state index in [0.29, 0.717) is 0 Å². The summed E-state index contributed by atoms with van der Waals surface area (Å²) in [6.45, 7) is 0.752. The van der Waals surface area contributed by atoms with E-state index in [1.807, 2.05) is 42.6 Å². The van der Waals surface area contributed by atoms with E-state index >= 15 is 0 Å². The Kier molecular flexibility index (Phi) is 3.48. The van der Waals surface area contributed by atoms with Gasteiger partial charge in [-0.15, -0.1) is 0 Å². The van der Waals surface area contributed by atoms with E-state index in [9.17, 15) is 0 Å². The molecule has 4 nitrogen and oxygen atoms in total. The van der Waals surface area contributed by atoms with Crippen LogP contribution < -0.4 is 5.32 Å². The first kappa shape index (κ1) is 13.5. The van der Waals surface area contributed by atoms with Gasteiger partial charge in [-0.1, -0.05) is 36.4 Å². The number of pyridine rings is 2. The fourth-order valence-corrected chi connectivity index (χ4v) is 2.66. The van der Waals surface area contributed by atoms with Gasteiger partial charge in [-0.3, -0.25) is 9.38 Å². The first-order valence-electron chi connectivity index (χ1n) is 7.57. The van der Waals surface area contributed by atoms with Gasteiger partial charge in [0.25, 0.3) is 0 Å². The molecule has 0 aliphatic carbocycles. The highest BCUT2D eigenvalue weighted by molar-refractivity contribution is 5.76. The van der Waals surface area contributed by atoms with Crippen LogP contribution in [0.1, 0.15) is 5.56 Å². The predicted octanol–water partition coefficient (Wildman–Crippen LogP) is 4.01. The van der Waals surface area contributed by atoms with Crippen LogP contribution in [-0.2, 0) is 6.54 Å². The number of rotatable bonds is 4. The van der Waals surface area contributed by atoms with E-state index in [0.717, 1.165) is 29.3 Å². The lowest BCUT2D eigenvalue weighted by Crippen LogP contribution is -2.03. The third-order valence-electron chi connectivity index (χ3n) is 3.79. The van der Waals surface area contributed by atoms with E-state index in [1.54, 1.807) is 12.4 Å². The van der Waals surface area contributed by atoms with Crippen LogP contribution in [0.2, 0.25) is 0 Å². The molecule has 0 spiro atoms. The van der Waals surface area contributed by atoms with Gasteiger partial charge in [-0.25, -0.2) is 4.98 Å². The van der Waals surface area contributed by atoms with E-state index in [4.69, 9.17) is 4.98 Å². The number of hydrogen-bond acceptors (Lipinski definition) is 3. The summed E-state index contributed by atoms with van der Waals surface area (Å²) >= 11 is 0. The molecule has 3 aromatic heterocycles. The second kappa shape index (κ2) is 5.93. The number of hydrogen-bond donors (Lipinski definition) is 1. The smallest absolute Gasteiger partial charge is 0.139 e. The molecule has 4 heteroatoms. The number of fused-ring (bicyclic) bond motifs is 1. The summed E-state index contributed by atoms with van der Waals surface area (Å²) in [4.78, 5) is 8.86. The van der Waals surface area contributed by atoms with Crippen molar-refractivity contribution in [3.8, 4) is 11.3 Å². The molecule has 0 saturated carbocycles. The number of imidazole rings is 1. The van der Waals surface area contributed by atoms with Crippen LogP contribution in [0.4, 0.5) is 5.82 Å². The molecule has 1 N–H and O–H groups in total. The predicted molar refractivity (Wildman–Crippen MR) is 92.2 cm³/mol. The first-order chi connectivity index (χ1) is 11.4. The third kappa shape index (κ3) is 2.66. The zero-order chi connectivity index (χ0) is 15.5. The monoisotopic (exact) mass is 300 g/mol. The maximum atomic E-state index is 4.77. The van der Waals surface area contributed by atoms with Crippen molar-refractivity contribution >= 4 is 11.5 Å². The van der Waals surface area contributed by atoms with Crippen LogP contribution >= 0.6 is 0 Å². The zero-order valence-electron chi connectivity index (χ0n) is 12.6. The van der Waals surface area contributed by atoms with Crippen molar-refractivity contribution in [2.45, 2.75) is 6.54 Å². The number of aromatic nitrogens is 3. The Balaban J connectivity index is 1.77. The van der Waals surface area contributed by atoms with Crippen LogP contribution in [-0.4, -0.2) is 14.4 Å². The summed E-state index contributed by atoms with van der Waals surface area (Å²) in [5.74, 6) is 0.996. The Morgan fingerprint density at radius 3 is 2.48 bits per heavy atom. The summed E-state index contributed by atoms with van der Waals surface area (Å²) in [5.41, 5.74) is 4.16. The zero-order valence-corrected chi connectivity index (χ0v) is 12.6. The molecule has 4 rings (SSSR count). The van der Waals surface area contributed by atoms with Crippen molar-refractivity contribution in [1.82, 2.24) is 14.4 Å². The molecule has 3 heterocycles. The van der Waals surface area contributed by atoms with Crippen molar-refractivity contribution < 1.29 is 0 Å². The van der Waals surface area contributed by atoms with E-state index in [2.05, 4.69) is 39.0 Å². The minimum Gasteiger partial charge on any atom is -0.365 e. The molecular formula is C19H16N4. The molecule has 0 saturated heterocycles. The average molecular weight is 300 g/mol. The SMILES string of the molecule is c1ccc(CNc2c(-c3ccncc3)nc3ccccn23)cc1. The minimum atomic E-state index is 0.752. The molecular weight excluding hydrogens is 284 g/mol. The largest absolute Gasteiger partial charge is 0.365 e. The van der Waals surface area contributed by atoms with Gasteiger partial charge in [0.1, 0.15) is 17.2 Å². The van der Waals surface area contributed by atoms with Gasteiger partial charge < -0.3 is 5.32 Å².